The van der Waals surface area contributed by atoms with Gasteiger partial charge in [0, 0.05) is 18.4 Å². The van der Waals surface area contributed by atoms with E-state index in [4.69, 9.17) is 5.11 Å². The van der Waals surface area contributed by atoms with Gasteiger partial charge in [0.1, 0.15) is 6.17 Å². The van der Waals surface area contributed by atoms with Crippen LogP contribution >= 0.6 is 0 Å². The predicted octanol–water partition coefficient (Wildman–Crippen LogP) is 1.73. The molecule has 2 heteroatoms. The minimum absolute atomic E-state index is 0.0409. The first-order chi connectivity index (χ1) is 5.84. The number of hydrogen-bond acceptors (Lipinski definition) is 1. The van der Waals surface area contributed by atoms with E-state index >= 15 is 0 Å². The molecule has 0 aromatic heterocycles. The summed E-state index contributed by atoms with van der Waals surface area (Å²) in [5, 5.41) is 8.77. The van der Waals surface area contributed by atoms with Crippen molar-refractivity contribution in [3.8, 4) is 0 Å². The third-order valence-electron chi connectivity index (χ3n) is 2.47. The first-order valence-corrected chi connectivity index (χ1v) is 4.14. The van der Waals surface area contributed by atoms with Gasteiger partial charge in [-0.3, -0.25) is 0 Å². The molecular formula is C10H11FO. The van der Waals surface area contributed by atoms with E-state index in [0.29, 0.717) is 0 Å². The van der Waals surface area contributed by atoms with Crippen LogP contribution in [0.25, 0.3) is 0 Å². The predicted molar refractivity (Wildman–Crippen MR) is 44.7 cm³/mol. The van der Waals surface area contributed by atoms with Crippen LogP contribution in [0.3, 0.4) is 0 Å². The zero-order valence-corrected chi connectivity index (χ0v) is 6.65. The SMILES string of the molecule is OC[C@H]1[C@H](F)[C@H]1c1ccccc1. The van der Waals surface area contributed by atoms with E-state index in [1.165, 1.54) is 0 Å². The molecule has 12 heavy (non-hydrogen) atoms. The van der Waals surface area contributed by atoms with Gasteiger partial charge in [-0.05, 0) is 5.56 Å². The van der Waals surface area contributed by atoms with Crippen molar-refractivity contribution >= 4 is 0 Å². The first-order valence-electron chi connectivity index (χ1n) is 4.14. The van der Waals surface area contributed by atoms with Crippen molar-refractivity contribution in [3.63, 3.8) is 0 Å². The quantitative estimate of drug-likeness (QED) is 0.709. The molecule has 1 nitrogen and oxygen atoms in total. The minimum atomic E-state index is -0.836. The maximum Gasteiger partial charge on any atom is 0.113 e. The molecule has 0 radical (unpaired) electrons. The van der Waals surface area contributed by atoms with Gasteiger partial charge in [0.05, 0.1) is 0 Å². The Balaban J connectivity index is 2.14. The zero-order chi connectivity index (χ0) is 8.55. The number of halogens is 1. The molecule has 1 aromatic rings. The summed E-state index contributed by atoms with van der Waals surface area (Å²) < 4.78 is 13.0. The fourth-order valence-electron chi connectivity index (χ4n) is 1.65. The van der Waals surface area contributed by atoms with Gasteiger partial charge in [0.15, 0.2) is 0 Å². The van der Waals surface area contributed by atoms with E-state index in [1.807, 2.05) is 30.3 Å². The van der Waals surface area contributed by atoms with Crippen LogP contribution < -0.4 is 0 Å². The molecule has 1 N–H and O–H groups in total. The molecule has 1 aromatic carbocycles. The summed E-state index contributed by atoms with van der Waals surface area (Å²) in [6.45, 7) is -0.0409. The number of rotatable bonds is 2. The van der Waals surface area contributed by atoms with Crippen molar-refractivity contribution in [3.05, 3.63) is 35.9 Å². The summed E-state index contributed by atoms with van der Waals surface area (Å²) in [7, 11) is 0. The summed E-state index contributed by atoms with van der Waals surface area (Å²) in [5.41, 5.74) is 1.00. The summed E-state index contributed by atoms with van der Waals surface area (Å²) in [4.78, 5) is 0. The highest BCUT2D eigenvalue weighted by Crippen LogP contribution is 2.49. The normalized spacial score (nSPS) is 33.3. The molecule has 0 amide bonds. The Hall–Kier alpha value is -0.890. The standard InChI is InChI=1S/C10H11FO/c11-10-8(6-12)9(10)7-4-2-1-3-5-7/h1-5,8-10,12H,6H2/t8-,9+,10+/m1/s1. The molecule has 64 valence electrons. The average molecular weight is 166 g/mol. The summed E-state index contributed by atoms with van der Waals surface area (Å²) in [5.74, 6) is -0.219. The molecule has 0 unspecified atom stereocenters. The van der Waals surface area contributed by atoms with Gasteiger partial charge < -0.3 is 5.11 Å². The van der Waals surface area contributed by atoms with Crippen LogP contribution in [-0.2, 0) is 0 Å². The van der Waals surface area contributed by atoms with Crippen LogP contribution in [-0.4, -0.2) is 17.9 Å². The number of hydrogen-bond donors (Lipinski definition) is 1. The molecule has 1 aliphatic carbocycles. The number of alkyl halides is 1. The summed E-state index contributed by atoms with van der Waals surface area (Å²) in [6, 6.07) is 9.52. The van der Waals surface area contributed by atoms with E-state index in [0.717, 1.165) is 5.56 Å². The lowest BCUT2D eigenvalue weighted by atomic mass is 10.1. The van der Waals surface area contributed by atoms with Crippen molar-refractivity contribution in [1.29, 1.82) is 0 Å². The van der Waals surface area contributed by atoms with Crippen molar-refractivity contribution in [2.24, 2.45) is 5.92 Å². The van der Waals surface area contributed by atoms with Crippen LogP contribution in [0, 0.1) is 5.92 Å². The van der Waals surface area contributed by atoms with Gasteiger partial charge in [0.2, 0.25) is 0 Å². The van der Waals surface area contributed by atoms with E-state index in [9.17, 15) is 4.39 Å². The number of aliphatic hydroxyl groups excluding tert-OH is 1. The van der Waals surface area contributed by atoms with E-state index in [-0.39, 0.29) is 18.4 Å². The maximum absolute atomic E-state index is 13.0. The van der Waals surface area contributed by atoms with Gasteiger partial charge in [-0.2, -0.15) is 0 Å². The number of aliphatic hydroxyl groups is 1. The lowest BCUT2D eigenvalue weighted by Gasteiger charge is -1.95. The molecule has 0 saturated heterocycles. The smallest absolute Gasteiger partial charge is 0.113 e. The van der Waals surface area contributed by atoms with E-state index < -0.39 is 6.17 Å². The van der Waals surface area contributed by atoms with Gasteiger partial charge >= 0.3 is 0 Å². The van der Waals surface area contributed by atoms with Crippen molar-refractivity contribution in [1.82, 2.24) is 0 Å². The second-order valence-electron chi connectivity index (χ2n) is 3.23. The highest BCUT2D eigenvalue weighted by molar-refractivity contribution is 5.29. The van der Waals surface area contributed by atoms with E-state index in [1.54, 1.807) is 0 Å². The molecular weight excluding hydrogens is 155 g/mol. The van der Waals surface area contributed by atoms with Crippen LogP contribution in [0.1, 0.15) is 11.5 Å². The summed E-state index contributed by atoms with van der Waals surface area (Å²) in [6.07, 6.45) is -0.836. The van der Waals surface area contributed by atoms with Gasteiger partial charge in [-0.1, -0.05) is 30.3 Å². The molecule has 1 aliphatic rings. The molecule has 3 atom stereocenters. The van der Waals surface area contributed by atoms with Crippen LogP contribution in [0.2, 0.25) is 0 Å². The second kappa shape index (κ2) is 2.87. The van der Waals surface area contributed by atoms with Gasteiger partial charge in [0.25, 0.3) is 0 Å². The van der Waals surface area contributed by atoms with Crippen molar-refractivity contribution < 1.29 is 9.50 Å². The fourth-order valence-corrected chi connectivity index (χ4v) is 1.65. The zero-order valence-electron chi connectivity index (χ0n) is 6.65. The molecule has 2 rings (SSSR count). The van der Waals surface area contributed by atoms with Crippen molar-refractivity contribution in [2.45, 2.75) is 12.1 Å². The highest BCUT2D eigenvalue weighted by Gasteiger charge is 2.51. The molecule has 0 bridgehead atoms. The minimum Gasteiger partial charge on any atom is -0.396 e. The largest absolute Gasteiger partial charge is 0.396 e. The highest BCUT2D eigenvalue weighted by atomic mass is 19.1. The Morgan fingerprint density at radius 1 is 1.25 bits per heavy atom. The first kappa shape index (κ1) is 7.74. The van der Waals surface area contributed by atoms with Crippen LogP contribution in [0.15, 0.2) is 30.3 Å². The van der Waals surface area contributed by atoms with Crippen LogP contribution in [0.5, 0.6) is 0 Å². The topological polar surface area (TPSA) is 20.2 Å². The second-order valence-corrected chi connectivity index (χ2v) is 3.23. The molecule has 1 fully saturated rings. The number of benzene rings is 1. The molecule has 0 spiro atoms. The van der Waals surface area contributed by atoms with Gasteiger partial charge in [-0.25, -0.2) is 4.39 Å². The van der Waals surface area contributed by atoms with Crippen molar-refractivity contribution in [2.75, 3.05) is 6.61 Å². The van der Waals surface area contributed by atoms with Gasteiger partial charge in [-0.15, -0.1) is 0 Å². The summed E-state index contributed by atoms with van der Waals surface area (Å²) >= 11 is 0. The third kappa shape index (κ3) is 1.12. The Kier molecular flexibility index (Phi) is 1.85. The average Bonchev–Trinajstić information content (AvgIpc) is 2.78. The monoisotopic (exact) mass is 166 g/mol. The van der Waals surface area contributed by atoms with Crippen LogP contribution in [0.4, 0.5) is 4.39 Å². The Bertz CT molecular complexity index is 260. The molecule has 0 heterocycles. The molecule has 1 saturated carbocycles. The Morgan fingerprint density at radius 2 is 1.92 bits per heavy atom. The third-order valence-corrected chi connectivity index (χ3v) is 2.47. The Morgan fingerprint density at radius 3 is 2.42 bits per heavy atom. The lowest BCUT2D eigenvalue weighted by molar-refractivity contribution is 0.257. The fraction of sp³-hybridized carbons (Fsp3) is 0.400. The van der Waals surface area contributed by atoms with E-state index in [2.05, 4.69) is 0 Å². The Labute approximate surface area is 70.8 Å². The lowest BCUT2D eigenvalue weighted by Crippen LogP contribution is -1.88. The molecule has 0 aliphatic heterocycles. The maximum atomic E-state index is 13.0.